The quantitative estimate of drug-likeness (QED) is 0.377. The maximum absolute atomic E-state index is 12.9. The SMILES string of the molecule is C=CCN(F)[C@@H](CCS)C(=O)O. The molecule has 0 aliphatic heterocycles. The molecule has 1 N–H and O–H groups in total. The zero-order chi connectivity index (χ0) is 9.56. The molecule has 0 bridgehead atoms. The highest BCUT2D eigenvalue weighted by Gasteiger charge is 2.23. The highest BCUT2D eigenvalue weighted by Crippen LogP contribution is 2.06. The fourth-order valence-electron chi connectivity index (χ4n) is 0.756. The Bertz CT molecular complexity index is 165. The van der Waals surface area contributed by atoms with Crippen molar-refractivity contribution in [1.29, 1.82) is 0 Å². The second kappa shape index (κ2) is 6.02. The summed E-state index contributed by atoms with van der Waals surface area (Å²) in [6.07, 6.45) is 1.50. The molecule has 0 aromatic carbocycles. The summed E-state index contributed by atoms with van der Waals surface area (Å²) in [5, 5.41) is 8.79. The Balaban J connectivity index is 4.07. The molecule has 0 saturated carbocycles. The Kier molecular flexibility index (Phi) is 5.74. The van der Waals surface area contributed by atoms with Gasteiger partial charge in [-0.05, 0) is 12.2 Å². The number of carboxylic acids is 1. The second-order valence-corrected chi connectivity index (χ2v) is 2.68. The molecule has 0 aromatic rings. The van der Waals surface area contributed by atoms with Gasteiger partial charge in [-0.1, -0.05) is 6.08 Å². The number of nitrogens with zero attached hydrogens (tertiary/aromatic N) is 1. The summed E-state index contributed by atoms with van der Waals surface area (Å²) in [5.74, 6) is -0.831. The zero-order valence-electron chi connectivity index (χ0n) is 6.61. The molecule has 12 heavy (non-hydrogen) atoms. The normalized spacial score (nSPS) is 12.9. The lowest BCUT2D eigenvalue weighted by molar-refractivity contribution is -0.150. The minimum atomic E-state index is -1.17. The van der Waals surface area contributed by atoms with Crippen molar-refractivity contribution >= 4 is 18.6 Å². The largest absolute Gasteiger partial charge is 0.480 e. The summed E-state index contributed by atoms with van der Waals surface area (Å²) >= 11 is 3.83. The van der Waals surface area contributed by atoms with Crippen LogP contribution in [-0.2, 0) is 4.79 Å². The smallest absolute Gasteiger partial charge is 0.323 e. The first kappa shape index (κ1) is 11.4. The van der Waals surface area contributed by atoms with Gasteiger partial charge in [-0.25, -0.2) is 0 Å². The van der Waals surface area contributed by atoms with E-state index in [0.717, 1.165) is 0 Å². The molecule has 0 fully saturated rings. The monoisotopic (exact) mass is 193 g/mol. The summed E-state index contributed by atoms with van der Waals surface area (Å²) < 4.78 is 12.9. The Hall–Kier alpha value is -0.550. The van der Waals surface area contributed by atoms with Crippen molar-refractivity contribution < 1.29 is 14.4 Å². The number of thiol groups is 1. The third-order valence-electron chi connectivity index (χ3n) is 1.33. The van der Waals surface area contributed by atoms with Gasteiger partial charge in [0, 0.05) is 6.54 Å². The van der Waals surface area contributed by atoms with Crippen molar-refractivity contribution in [3.8, 4) is 0 Å². The predicted octanol–water partition coefficient (Wildman–Crippen LogP) is 1.13. The van der Waals surface area contributed by atoms with Gasteiger partial charge in [0.05, 0.1) is 0 Å². The molecular weight excluding hydrogens is 181 g/mol. The van der Waals surface area contributed by atoms with Crippen molar-refractivity contribution in [3.63, 3.8) is 0 Å². The minimum absolute atomic E-state index is 0.0786. The molecule has 0 spiro atoms. The first-order valence-corrected chi connectivity index (χ1v) is 4.13. The number of carbonyl (C=O) groups is 1. The van der Waals surface area contributed by atoms with Gasteiger partial charge in [-0.3, -0.25) is 4.79 Å². The van der Waals surface area contributed by atoms with Crippen LogP contribution in [-0.4, -0.2) is 34.5 Å². The van der Waals surface area contributed by atoms with E-state index in [2.05, 4.69) is 19.2 Å². The van der Waals surface area contributed by atoms with Gasteiger partial charge in [0.2, 0.25) is 0 Å². The molecule has 0 radical (unpaired) electrons. The Labute approximate surface area is 76.2 Å². The predicted molar refractivity (Wildman–Crippen MR) is 47.9 cm³/mol. The lowest BCUT2D eigenvalue weighted by Gasteiger charge is -2.17. The number of rotatable bonds is 6. The number of carboxylic acid groups (broad SMARTS) is 1. The molecule has 0 aliphatic carbocycles. The number of hydrogen-bond donors (Lipinski definition) is 2. The summed E-state index contributed by atoms with van der Waals surface area (Å²) in [4.78, 5) is 10.5. The average Bonchev–Trinajstić information content (AvgIpc) is 1.99. The zero-order valence-corrected chi connectivity index (χ0v) is 7.51. The topological polar surface area (TPSA) is 40.5 Å². The van der Waals surface area contributed by atoms with Crippen LogP contribution < -0.4 is 0 Å². The standard InChI is InChI=1S/C7H12FNO2S/c1-2-4-9(8)6(3-5-12)7(10)11/h2,6,12H,1,3-5H2,(H,10,11)/t6-/m0/s1. The summed E-state index contributed by atoms with van der Waals surface area (Å²) in [6, 6.07) is -1.11. The Morgan fingerprint density at radius 2 is 2.42 bits per heavy atom. The van der Waals surface area contributed by atoms with E-state index in [-0.39, 0.29) is 18.1 Å². The number of halogens is 1. The van der Waals surface area contributed by atoms with Gasteiger partial charge in [0.25, 0.3) is 0 Å². The summed E-state index contributed by atoms with van der Waals surface area (Å²) in [6.45, 7) is 3.23. The summed E-state index contributed by atoms with van der Waals surface area (Å²) in [5.41, 5.74) is 0. The van der Waals surface area contributed by atoms with Crippen LogP contribution in [0.1, 0.15) is 6.42 Å². The van der Waals surface area contributed by atoms with Crippen LogP contribution in [0, 0.1) is 0 Å². The van der Waals surface area contributed by atoms with E-state index in [1.54, 1.807) is 0 Å². The van der Waals surface area contributed by atoms with Gasteiger partial charge < -0.3 is 5.11 Å². The highest BCUT2D eigenvalue weighted by atomic mass is 32.1. The van der Waals surface area contributed by atoms with Crippen molar-refractivity contribution in [2.45, 2.75) is 12.5 Å². The molecule has 0 aliphatic rings. The van der Waals surface area contributed by atoms with Crippen LogP contribution >= 0.6 is 12.6 Å². The van der Waals surface area contributed by atoms with Gasteiger partial charge in [0.15, 0.2) is 0 Å². The van der Waals surface area contributed by atoms with E-state index in [1.165, 1.54) is 6.08 Å². The summed E-state index contributed by atoms with van der Waals surface area (Å²) in [7, 11) is 0. The van der Waals surface area contributed by atoms with Crippen LogP contribution in [0.25, 0.3) is 0 Å². The van der Waals surface area contributed by atoms with Gasteiger partial charge in [-0.15, -0.1) is 16.2 Å². The third kappa shape index (κ3) is 3.73. The van der Waals surface area contributed by atoms with Crippen LogP contribution in [0.5, 0.6) is 0 Å². The van der Waals surface area contributed by atoms with Crippen LogP contribution in [0.3, 0.4) is 0 Å². The van der Waals surface area contributed by atoms with Gasteiger partial charge >= 0.3 is 5.97 Å². The van der Waals surface area contributed by atoms with Crippen LogP contribution in [0.15, 0.2) is 12.7 Å². The van der Waals surface area contributed by atoms with E-state index in [1.807, 2.05) is 0 Å². The van der Waals surface area contributed by atoms with E-state index >= 15 is 0 Å². The molecule has 0 saturated heterocycles. The van der Waals surface area contributed by atoms with Crippen molar-refractivity contribution in [3.05, 3.63) is 12.7 Å². The molecule has 0 amide bonds. The molecule has 0 rings (SSSR count). The molecule has 0 unspecified atom stereocenters. The van der Waals surface area contributed by atoms with Crippen LogP contribution in [0.2, 0.25) is 0 Å². The second-order valence-electron chi connectivity index (χ2n) is 2.24. The van der Waals surface area contributed by atoms with Crippen molar-refractivity contribution in [2.24, 2.45) is 0 Å². The first-order chi connectivity index (χ1) is 5.63. The third-order valence-corrected chi connectivity index (χ3v) is 1.59. The Morgan fingerprint density at radius 3 is 2.75 bits per heavy atom. The van der Waals surface area contributed by atoms with Gasteiger partial charge in [-0.2, -0.15) is 12.6 Å². The molecular formula is C7H12FNO2S. The minimum Gasteiger partial charge on any atom is -0.480 e. The van der Waals surface area contributed by atoms with E-state index in [4.69, 9.17) is 5.11 Å². The van der Waals surface area contributed by atoms with E-state index < -0.39 is 12.0 Å². The number of hydrogen-bond acceptors (Lipinski definition) is 3. The highest BCUT2D eigenvalue weighted by molar-refractivity contribution is 7.80. The van der Waals surface area contributed by atoms with Crippen LogP contribution in [0.4, 0.5) is 4.48 Å². The molecule has 1 atom stereocenters. The lowest BCUT2D eigenvalue weighted by atomic mass is 10.2. The lowest BCUT2D eigenvalue weighted by Crippen LogP contribution is -2.36. The van der Waals surface area contributed by atoms with E-state index in [0.29, 0.717) is 5.75 Å². The van der Waals surface area contributed by atoms with Crippen molar-refractivity contribution in [2.75, 3.05) is 12.3 Å². The van der Waals surface area contributed by atoms with Gasteiger partial charge in [0.1, 0.15) is 6.04 Å². The fourth-order valence-corrected chi connectivity index (χ4v) is 1.00. The van der Waals surface area contributed by atoms with Crippen molar-refractivity contribution in [1.82, 2.24) is 5.12 Å². The molecule has 0 heterocycles. The van der Waals surface area contributed by atoms with E-state index in [9.17, 15) is 9.28 Å². The average molecular weight is 193 g/mol. The maximum atomic E-state index is 12.9. The molecule has 70 valence electrons. The molecule has 0 aromatic heterocycles. The maximum Gasteiger partial charge on any atom is 0.323 e. The number of aliphatic carboxylic acids is 1. The molecule has 3 nitrogen and oxygen atoms in total. The first-order valence-electron chi connectivity index (χ1n) is 3.50. The fraction of sp³-hybridized carbons (Fsp3) is 0.571. The molecule has 5 heteroatoms. The Morgan fingerprint density at radius 1 is 1.83 bits per heavy atom.